The van der Waals surface area contributed by atoms with Gasteiger partial charge in [0.05, 0.1) is 0 Å². The average molecular weight is 384 g/mol. The molecule has 5 heteroatoms. The minimum Gasteiger partial charge on any atom is -0.283 e. The summed E-state index contributed by atoms with van der Waals surface area (Å²) >= 11 is 0. The van der Waals surface area contributed by atoms with Crippen LogP contribution in [-0.4, -0.2) is 23.1 Å². The molecule has 1 aliphatic rings. The van der Waals surface area contributed by atoms with E-state index in [1.165, 1.54) is 0 Å². The van der Waals surface area contributed by atoms with Gasteiger partial charge in [-0.3, -0.25) is 15.0 Å². The van der Waals surface area contributed by atoms with Crippen molar-refractivity contribution in [3.05, 3.63) is 106 Å². The Morgan fingerprint density at radius 2 is 1.41 bits per heavy atom. The molecule has 1 saturated heterocycles. The Morgan fingerprint density at radius 1 is 0.862 bits per heavy atom. The van der Waals surface area contributed by atoms with Gasteiger partial charge in [-0.2, -0.15) is 5.06 Å². The molecule has 5 rings (SSSR count). The minimum atomic E-state index is -0.920. The van der Waals surface area contributed by atoms with E-state index in [0.717, 1.165) is 32.7 Å². The van der Waals surface area contributed by atoms with Crippen LogP contribution in [0.2, 0.25) is 0 Å². The van der Waals surface area contributed by atoms with Gasteiger partial charge in [-0.25, -0.2) is 0 Å². The molecule has 144 valence electrons. The molecular weight excluding hydrogens is 364 g/mol. The van der Waals surface area contributed by atoms with Crippen molar-refractivity contribution < 1.29 is 9.76 Å². The van der Waals surface area contributed by atoms with Gasteiger partial charge in [-0.1, -0.05) is 78.9 Å². The molecule has 1 heterocycles. The highest BCUT2D eigenvalue weighted by Gasteiger charge is 2.52. The predicted molar refractivity (Wildman–Crippen MR) is 113 cm³/mol. The molecule has 0 saturated carbocycles. The summed E-state index contributed by atoms with van der Waals surface area (Å²) in [6, 6.07) is 26.3. The molecule has 0 bridgehead atoms. The Balaban J connectivity index is 1.77. The lowest BCUT2D eigenvalue weighted by atomic mass is 9.86. The average Bonchev–Trinajstić information content (AvgIpc) is 3.09. The SMILES string of the molecule is CN1OC(c2ccccc2)C([N+](=O)[O-])C1c1c2ccccc2cc2ccccc12. The number of benzene rings is 4. The summed E-state index contributed by atoms with van der Waals surface area (Å²) in [7, 11) is 1.79. The van der Waals surface area contributed by atoms with Crippen molar-refractivity contribution in [1.29, 1.82) is 0 Å². The molecule has 0 radical (unpaired) electrons. The van der Waals surface area contributed by atoms with Crippen LogP contribution in [-0.2, 0) is 4.84 Å². The second-order valence-corrected chi connectivity index (χ2v) is 7.44. The van der Waals surface area contributed by atoms with E-state index >= 15 is 0 Å². The van der Waals surface area contributed by atoms with E-state index in [1.807, 2.05) is 66.7 Å². The third kappa shape index (κ3) is 2.87. The van der Waals surface area contributed by atoms with Crippen molar-refractivity contribution in [2.45, 2.75) is 18.2 Å². The van der Waals surface area contributed by atoms with E-state index in [0.29, 0.717) is 0 Å². The quantitative estimate of drug-likeness (QED) is 0.273. The zero-order valence-corrected chi connectivity index (χ0v) is 15.9. The standard InChI is InChI=1S/C24H20N2O3/c1-25-22(23(26(27)28)24(29-25)16-9-3-2-4-10-16)21-19-13-7-5-11-17(19)15-18-12-6-8-14-20(18)21/h2-15,22-24H,1H3. The molecule has 29 heavy (non-hydrogen) atoms. The van der Waals surface area contributed by atoms with Crippen LogP contribution in [0.15, 0.2) is 84.9 Å². The van der Waals surface area contributed by atoms with Gasteiger partial charge < -0.3 is 0 Å². The largest absolute Gasteiger partial charge is 0.283 e. The summed E-state index contributed by atoms with van der Waals surface area (Å²) in [4.78, 5) is 18.2. The lowest BCUT2D eigenvalue weighted by molar-refractivity contribution is -0.531. The molecule has 0 amide bonds. The number of fused-ring (bicyclic) bond motifs is 2. The summed E-state index contributed by atoms with van der Waals surface area (Å²) in [5, 5.41) is 18.1. The van der Waals surface area contributed by atoms with Crippen molar-refractivity contribution in [1.82, 2.24) is 5.06 Å². The van der Waals surface area contributed by atoms with Crippen LogP contribution in [0.1, 0.15) is 23.3 Å². The summed E-state index contributed by atoms with van der Waals surface area (Å²) in [6.07, 6.45) is -0.640. The first-order chi connectivity index (χ1) is 14.1. The first-order valence-electron chi connectivity index (χ1n) is 9.63. The van der Waals surface area contributed by atoms with Crippen molar-refractivity contribution >= 4 is 21.5 Å². The summed E-state index contributed by atoms with van der Waals surface area (Å²) in [5.74, 6) is 0. The van der Waals surface area contributed by atoms with E-state index in [2.05, 4.69) is 18.2 Å². The molecule has 1 aliphatic heterocycles. The molecule has 4 aromatic rings. The number of likely N-dealkylation sites (N-methyl/N-ethyl adjacent to an activating group) is 1. The van der Waals surface area contributed by atoms with E-state index in [-0.39, 0.29) is 4.92 Å². The fourth-order valence-corrected chi connectivity index (χ4v) is 4.53. The Kier molecular flexibility index (Phi) is 4.27. The highest BCUT2D eigenvalue weighted by Crippen LogP contribution is 2.46. The Morgan fingerprint density at radius 3 is 2.00 bits per heavy atom. The molecule has 0 N–H and O–H groups in total. The van der Waals surface area contributed by atoms with Crippen LogP contribution in [0.3, 0.4) is 0 Å². The van der Waals surface area contributed by atoms with Gasteiger partial charge in [0.25, 0.3) is 6.04 Å². The predicted octanol–water partition coefficient (Wildman–Crippen LogP) is 5.30. The lowest BCUT2D eigenvalue weighted by Gasteiger charge is -2.22. The first-order valence-corrected chi connectivity index (χ1v) is 9.63. The number of nitro groups is 1. The molecule has 0 aromatic heterocycles. The van der Waals surface area contributed by atoms with E-state index in [1.54, 1.807) is 12.1 Å². The molecule has 1 fully saturated rings. The monoisotopic (exact) mass is 384 g/mol. The maximum atomic E-state index is 12.3. The smallest absolute Gasteiger partial charge is 0.266 e. The molecule has 5 nitrogen and oxygen atoms in total. The topological polar surface area (TPSA) is 55.6 Å². The second kappa shape index (κ2) is 6.95. The highest BCUT2D eigenvalue weighted by atomic mass is 16.7. The number of nitrogens with zero attached hydrogens (tertiary/aromatic N) is 2. The Bertz CT molecular complexity index is 1150. The number of hydrogen-bond donors (Lipinski definition) is 0. The van der Waals surface area contributed by atoms with Gasteiger partial charge in [-0.05, 0) is 38.7 Å². The molecule has 0 spiro atoms. The zero-order valence-electron chi connectivity index (χ0n) is 15.9. The second-order valence-electron chi connectivity index (χ2n) is 7.44. The number of hydroxylamine groups is 2. The van der Waals surface area contributed by atoms with Gasteiger partial charge >= 0.3 is 0 Å². The van der Waals surface area contributed by atoms with Crippen LogP contribution >= 0.6 is 0 Å². The van der Waals surface area contributed by atoms with Crippen LogP contribution in [0.5, 0.6) is 0 Å². The van der Waals surface area contributed by atoms with Gasteiger partial charge in [0, 0.05) is 12.0 Å². The van der Waals surface area contributed by atoms with Crippen LogP contribution in [0.25, 0.3) is 21.5 Å². The van der Waals surface area contributed by atoms with Gasteiger partial charge in [0.15, 0.2) is 6.10 Å². The van der Waals surface area contributed by atoms with E-state index < -0.39 is 18.2 Å². The van der Waals surface area contributed by atoms with Crippen molar-refractivity contribution in [3.63, 3.8) is 0 Å². The molecular formula is C24H20N2O3. The third-order valence-corrected chi connectivity index (χ3v) is 5.79. The number of hydrogen-bond acceptors (Lipinski definition) is 4. The van der Waals surface area contributed by atoms with Crippen LogP contribution < -0.4 is 0 Å². The van der Waals surface area contributed by atoms with E-state index in [4.69, 9.17) is 4.84 Å². The van der Waals surface area contributed by atoms with Crippen molar-refractivity contribution in [2.24, 2.45) is 0 Å². The third-order valence-electron chi connectivity index (χ3n) is 5.79. The fourth-order valence-electron chi connectivity index (χ4n) is 4.53. The summed E-state index contributed by atoms with van der Waals surface area (Å²) < 4.78 is 0. The minimum absolute atomic E-state index is 0.192. The van der Waals surface area contributed by atoms with Gasteiger partial charge in [0.2, 0.25) is 0 Å². The van der Waals surface area contributed by atoms with Gasteiger partial charge in [-0.15, -0.1) is 0 Å². The van der Waals surface area contributed by atoms with Crippen LogP contribution in [0, 0.1) is 10.1 Å². The maximum absolute atomic E-state index is 12.3. The highest BCUT2D eigenvalue weighted by molar-refractivity contribution is 6.02. The summed E-state index contributed by atoms with van der Waals surface area (Å²) in [5.41, 5.74) is 1.76. The Hall–Kier alpha value is -3.28. The first kappa shape index (κ1) is 17.8. The zero-order chi connectivity index (χ0) is 20.0. The lowest BCUT2D eigenvalue weighted by Crippen LogP contribution is -2.31. The van der Waals surface area contributed by atoms with Gasteiger partial charge in [0.1, 0.15) is 6.04 Å². The van der Waals surface area contributed by atoms with Crippen LogP contribution in [0.4, 0.5) is 0 Å². The summed E-state index contributed by atoms with van der Waals surface area (Å²) in [6.45, 7) is 0. The maximum Gasteiger partial charge on any atom is 0.266 e. The molecule has 4 aromatic carbocycles. The fraction of sp³-hybridized carbons (Fsp3) is 0.167. The molecule has 3 unspecified atom stereocenters. The Labute approximate surface area is 168 Å². The van der Waals surface area contributed by atoms with E-state index in [9.17, 15) is 10.1 Å². The molecule has 0 aliphatic carbocycles. The molecule has 3 atom stereocenters. The number of rotatable bonds is 3. The van der Waals surface area contributed by atoms with Crippen molar-refractivity contribution in [2.75, 3.05) is 7.05 Å². The normalized spacial score (nSPS) is 22.3. The van der Waals surface area contributed by atoms with Crippen molar-refractivity contribution in [3.8, 4) is 0 Å².